The van der Waals surface area contributed by atoms with Gasteiger partial charge in [-0.1, -0.05) is 12.1 Å². The summed E-state index contributed by atoms with van der Waals surface area (Å²) in [5.41, 5.74) is 3.99. The molecule has 1 N–H and O–H groups in total. The van der Waals surface area contributed by atoms with Gasteiger partial charge in [0.2, 0.25) is 0 Å². The number of hydrogen-bond acceptors (Lipinski definition) is 3. The maximum atomic E-state index is 8.83. The molecule has 1 saturated heterocycles. The largest absolute Gasteiger partial charge is 0.366 e. The summed E-state index contributed by atoms with van der Waals surface area (Å²) in [5.74, 6) is 0. The molecular formula is C15H21N3. The van der Waals surface area contributed by atoms with Crippen LogP contribution in [0.2, 0.25) is 0 Å². The first-order valence-corrected chi connectivity index (χ1v) is 6.56. The molecule has 0 aliphatic carbocycles. The second kappa shape index (κ2) is 5.41. The monoisotopic (exact) mass is 243 g/mol. The standard InChI is InChI=1S/C15H21N3/c1-11-5-4-6-15(13(11)3)18-10-14(7-8-16)17-9-12(18)2/h4-6,12,14,17H,7,9-10H2,1-3H3. The summed E-state index contributed by atoms with van der Waals surface area (Å²) in [7, 11) is 0. The Balaban J connectivity index is 2.25. The van der Waals surface area contributed by atoms with E-state index in [4.69, 9.17) is 5.26 Å². The summed E-state index contributed by atoms with van der Waals surface area (Å²) < 4.78 is 0. The topological polar surface area (TPSA) is 39.1 Å². The van der Waals surface area contributed by atoms with E-state index in [0.717, 1.165) is 13.1 Å². The van der Waals surface area contributed by atoms with Gasteiger partial charge in [0, 0.05) is 30.9 Å². The lowest BCUT2D eigenvalue weighted by molar-refractivity contribution is 0.408. The van der Waals surface area contributed by atoms with Crippen LogP contribution >= 0.6 is 0 Å². The van der Waals surface area contributed by atoms with Gasteiger partial charge in [0.05, 0.1) is 12.5 Å². The van der Waals surface area contributed by atoms with Crippen LogP contribution in [-0.2, 0) is 0 Å². The van der Waals surface area contributed by atoms with Gasteiger partial charge in [-0.3, -0.25) is 0 Å². The van der Waals surface area contributed by atoms with Crippen molar-refractivity contribution in [3.05, 3.63) is 29.3 Å². The second-order valence-electron chi connectivity index (χ2n) is 5.19. The third-order valence-corrected chi connectivity index (χ3v) is 3.87. The first-order chi connectivity index (χ1) is 8.63. The molecule has 96 valence electrons. The highest BCUT2D eigenvalue weighted by Gasteiger charge is 2.25. The van der Waals surface area contributed by atoms with Crippen molar-refractivity contribution in [2.75, 3.05) is 18.0 Å². The highest BCUT2D eigenvalue weighted by atomic mass is 15.2. The van der Waals surface area contributed by atoms with Gasteiger partial charge in [0.15, 0.2) is 0 Å². The summed E-state index contributed by atoms with van der Waals surface area (Å²) in [6, 6.07) is 9.47. The van der Waals surface area contributed by atoms with Gasteiger partial charge in [-0.25, -0.2) is 0 Å². The third kappa shape index (κ3) is 2.49. The van der Waals surface area contributed by atoms with Gasteiger partial charge in [-0.05, 0) is 38.0 Å². The van der Waals surface area contributed by atoms with Crippen LogP contribution in [-0.4, -0.2) is 25.2 Å². The molecule has 1 aliphatic rings. The van der Waals surface area contributed by atoms with E-state index >= 15 is 0 Å². The molecule has 2 unspecified atom stereocenters. The van der Waals surface area contributed by atoms with Gasteiger partial charge >= 0.3 is 0 Å². The lowest BCUT2D eigenvalue weighted by Gasteiger charge is -2.40. The van der Waals surface area contributed by atoms with Crippen LogP contribution in [0.3, 0.4) is 0 Å². The molecule has 0 bridgehead atoms. The Kier molecular flexibility index (Phi) is 3.88. The van der Waals surface area contributed by atoms with E-state index in [1.54, 1.807) is 0 Å². The molecule has 3 heteroatoms. The maximum Gasteiger partial charge on any atom is 0.0638 e. The lowest BCUT2D eigenvalue weighted by atomic mass is 10.0. The quantitative estimate of drug-likeness (QED) is 0.867. The van der Waals surface area contributed by atoms with Crippen LogP contribution in [0, 0.1) is 25.2 Å². The molecular weight excluding hydrogens is 222 g/mol. The molecule has 2 atom stereocenters. The number of nitrogens with zero attached hydrogens (tertiary/aromatic N) is 2. The number of piperazine rings is 1. The SMILES string of the molecule is Cc1cccc(N2CC(CC#N)NCC2C)c1C. The molecule has 0 spiro atoms. The van der Waals surface area contributed by atoms with E-state index in [1.165, 1.54) is 16.8 Å². The molecule has 1 aromatic rings. The Labute approximate surface area is 109 Å². The summed E-state index contributed by atoms with van der Waals surface area (Å²) in [5, 5.41) is 12.3. The number of nitrogens with one attached hydrogen (secondary N) is 1. The predicted molar refractivity (Wildman–Crippen MR) is 74.7 cm³/mol. The fourth-order valence-corrected chi connectivity index (χ4v) is 2.56. The smallest absolute Gasteiger partial charge is 0.0638 e. The fraction of sp³-hybridized carbons (Fsp3) is 0.533. The average Bonchev–Trinajstić information content (AvgIpc) is 2.36. The fourth-order valence-electron chi connectivity index (χ4n) is 2.56. The maximum absolute atomic E-state index is 8.83. The Bertz CT molecular complexity index is 461. The molecule has 0 aromatic heterocycles. The van der Waals surface area contributed by atoms with E-state index in [0.29, 0.717) is 12.5 Å². The average molecular weight is 243 g/mol. The summed E-state index contributed by atoms with van der Waals surface area (Å²) in [4.78, 5) is 2.43. The van der Waals surface area contributed by atoms with Crippen LogP contribution in [0.4, 0.5) is 5.69 Å². The summed E-state index contributed by atoms with van der Waals surface area (Å²) in [6.45, 7) is 8.42. The molecule has 18 heavy (non-hydrogen) atoms. The van der Waals surface area contributed by atoms with E-state index in [9.17, 15) is 0 Å². The molecule has 1 aromatic carbocycles. The van der Waals surface area contributed by atoms with Crippen molar-refractivity contribution in [3.8, 4) is 6.07 Å². The molecule has 0 amide bonds. The van der Waals surface area contributed by atoms with Crippen molar-refractivity contribution in [1.29, 1.82) is 5.26 Å². The Morgan fingerprint density at radius 2 is 2.22 bits per heavy atom. The number of nitriles is 1. The Morgan fingerprint density at radius 3 is 2.94 bits per heavy atom. The van der Waals surface area contributed by atoms with Gasteiger partial charge in [0.25, 0.3) is 0 Å². The molecule has 1 aliphatic heterocycles. The summed E-state index contributed by atoms with van der Waals surface area (Å²) in [6.07, 6.45) is 0.577. The first kappa shape index (κ1) is 12.9. The third-order valence-electron chi connectivity index (χ3n) is 3.87. The number of anilines is 1. The highest BCUT2D eigenvalue weighted by molar-refractivity contribution is 5.57. The zero-order chi connectivity index (χ0) is 13.1. The van der Waals surface area contributed by atoms with E-state index in [1.807, 2.05) is 0 Å². The normalized spacial score (nSPS) is 23.8. The minimum atomic E-state index is 0.283. The van der Waals surface area contributed by atoms with Gasteiger partial charge in [-0.2, -0.15) is 5.26 Å². The van der Waals surface area contributed by atoms with Crippen LogP contribution in [0.25, 0.3) is 0 Å². The highest BCUT2D eigenvalue weighted by Crippen LogP contribution is 2.26. The molecule has 3 nitrogen and oxygen atoms in total. The zero-order valence-corrected chi connectivity index (χ0v) is 11.4. The van der Waals surface area contributed by atoms with Crippen molar-refractivity contribution in [3.63, 3.8) is 0 Å². The van der Waals surface area contributed by atoms with Gasteiger partial charge < -0.3 is 10.2 Å². The van der Waals surface area contributed by atoms with Crippen LogP contribution in [0.15, 0.2) is 18.2 Å². The number of rotatable bonds is 2. The van der Waals surface area contributed by atoms with Crippen LogP contribution < -0.4 is 10.2 Å². The predicted octanol–water partition coefficient (Wildman–Crippen LogP) is 2.38. The van der Waals surface area contributed by atoms with Crippen LogP contribution in [0.5, 0.6) is 0 Å². The van der Waals surface area contributed by atoms with E-state index in [-0.39, 0.29) is 6.04 Å². The Hall–Kier alpha value is -1.53. The molecule has 2 rings (SSSR count). The van der Waals surface area contributed by atoms with E-state index < -0.39 is 0 Å². The number of benzene rings is 1. The number of hydrogen-bond donors (Lipinski definition) is 1. The van der Waals surface area contributed by atoms with Crippen molar-refractivity contribution >= 4 is 5.69 Å². The number of aryl methyl sites for hydroxylation is 1. The van der Waals surface area contributed by atoms with Gasteiger partial charge in [0.1, 0.15) is 0 Å². The van der Waals surface area contributed by atoms with Crippen molar-refractivity contribution in [1.82, 2.24) is 5.32 Å². The molecule has 1 fully saturated rings. The van der Waals surface area contributed by atoms with Gasteiger partial charge in [-0.15, -0.1) is 0 Å². The zero-order valence-electron chi connectivity index (χ0n) is 11.4. The minimum Gasteiger partial charge on any atom is -0.366 e. The van der Waals surface area contributed by atoms with Crippen LogP contribution in [0.1, 0.15) is 24.5 Å². The second-order valence-corrected chi connectivity index (χ2v) is 5.19. The first-order valence-electron chi connectivity index (χ1n) is 6.56. The molecule has 0 radical (unpaired) electrons. The lowest BCUT2D eigenvalue weighted by Crippen LogP contribution is -2.55. The van der Waals surface area contributed by atoms with Crippen molar-refractivity contribution < 1.29 is 0 Å². The van der Waals surface area contributed by atoms with E-state index in [2.05, 4.69) is 55.3 Å². The minimum absolute atomic E-state index is 0.283. The van der Waals surface area contributed by atoms with Crippen molar-refractivity contribution in [2.24, 2.45) is 0 Å². The van der Waals surface area contributed by atoms with Crippen molar-refractivity contribution in [2.45, 2.75) is 39.3 Å². The summed E-state index contributed by atoms with van der Waals surface area (Å²) >= 11 is 0. The molecule has 1 heterocycles. The molecule has 0 saturated carbocycles. The Morgan fingerprint density at radius 1 is 1.44 bits per heavy atom.